The molecule has 5 nitrogen and oxygen atoms in total. The lowest BCUT2D eigenvalue weighted by Crippen LogP contribution is -2.07. The summed E-state index contributed by atoms with van der Waals surface area (Å²) in [5.74, 6) is 1.24. The van der Waals surface area contributed by atoms with Crippen LogP contribution in [0.3, 0.4) is 0 Å². The molecule has 0 fully saturated rings. The van der Waals surface area contributed by atoms with Crippen molar-refractivity contribution in [2.75, 3.05) is 12.1 Å². The molecule has 0 saturated heterocycles. The highest BCUT2D eigenvalue weighted by Gasteiger charge is 2.13. The van der Waals surface area contributed by atoms with Crippen molar-refractivity contribution in [3.8, 4) is 17.2 Å². The Morgan fingerprint density at radius 1 is 1.10 bits per heavy atom. The fourth-order valence-electron chi connectivity index (χ4n) is 1.92. The van der Waals surface area contributed by atoms with Gasteiger partial charge in [-0.15, -0.1) is 0 Å². The second-order valence-corrected chi connectivity index (χ2v) is 4.48. The minimum atomic E-state index is -0.248. The van der Waals surface area contributed by atoms with Crippen molar-refractivity contribution in [1.29, 1.82) is 0 Å². The number of hydrogen-bond donors (Lipinski definition) is 2. The lowest BCUT2D eigenvalue weighted by atomic mass is 10.2. The monoisotopic (exact) mass is 283 g/mol. The second kappa shape index (κ2) is 5.58. The smallest absolute Gasteiger partial charge is 0.248 e. The van der Waals surface area contributed by atoms with Crippen LogP contribution >= 0.6 is 0 Å². The topological polar surface area (TPSA) is 67.8 Å². The molecule has 2 aromatic carbocycles. The summed E-state index contributed by atoms with van der Waals surface area (Å²) in [7, 11) is 0. The average molecular weight is 283 g/mol. The first-order valence-corrected chi connectivity index (χ1v) is 6.38. The highest BCUT2D eigenvalue weighted by Crippen LogP contribution is 2.34. The lowest BCUT2D eigenvalue weighted by Gasteiger charge is -2.03. The summed E-state index contributed by atoms with van der Waals surface area (Å²) in [6, 6.07) is 11.8. The van der Waals surface area contributed by atoms with Gasteiger partial charge >= 0.3 is 0 Å². The van der Waals surface area contributed by atoms with Crippen LogP contribution in [0.5, 0.6) is 17.2 Å². The van der Waals surface area contributed by atoms with E-state index in [2.05, 4.69) is 5.32 Å². The van der Waals surface area contributed by atoms with Gasteiger partial charge in [-0.2, -0.15) is 0 Å². The third-order valence-electron chi connectivity index (χ3n) is 2.96. The summed E-state index contributed by atoms with van der Waals surface area (Å²) in [5.41, 5.74) is 1.47. The Kier molecular flexibility index (Phi) is 3.47. The fourth-order valence-corrected chi connectivity index (χ4v) is 1.92. The first-order valence-electron chi connectivity index (χ1n) is 6.38. The number of nitrogens with one attached hydrogen (secondary N) is 1. The molecule has 3 rings (SSSR count). The van der Waals surface area contributed by atoms with Gasteiger partial charge in [-0.05, 0) is 35.9 Å². The van der Waals surface area contributed by atoms with Crippen molar-refractivity contribution >= 4 is 17.7 Å². The molecular weight excluding hydrogens is 270 g/mol. The summed E-state index contributed by atoms with van der Waals surface area (Å²) in [4.78, 5) is 11.8. The van der Waals surface area contributed by atoms with Gasteiger partial charge in [0, 0.05) is 17.8 Å². The predicted molar refractivity (Wildman–Crippen MR) is 78.3 cm³/mol. The number of ether oxygens (including phenoxy) is 2. The average Bonchev–Trinajstić information content (AvgIpc) is 2.94. The normalized spacial score (nSPS) is 12.6. The summed E-state index contributed by atoms with van der Waals surface area (Å²) >= 11 is 0. The minimum Gasteiger partial charge on any atom is -0.508 e. The van der Waals surface area contributed by atoms with E-state index in [0.717, 1.165) is 5.56 Å². The van der Waals surface area contributed by atoms with Crippen LogP contribution in [0.15, 0.2) is 48.5 Å². The first kappa shape index (κ1) is 13.1. The summed E-state index contributed by atoms with van der Waals surface area (Å²) in [6.45, 7) is 0.202. The molecule has 0 saturated carbocycles. The molecule has 1 aliphatic heterocycles. The van der Waals surface area contributed by atoms with Gasteiger partial charge in [0.15, 0.2) is 11.5 Å². The zero-order valence-corrected chi connectivity index (χ0v) is 11.1. The van der Waals surface area contributed by atoms with E-state index in [0.29, 0.717) is 17.2 Å². The third kappa shape index (κ3) is 3.14. The summed E-state index contributed by atoms with van der Waals surface area (Å²) in [6.07, 6.45) is 3.10. The Bertz CT molecular complexity index is 692. The van der Waals surface area contributed by atoms with E-state index >= 15 is 0 Å². The quantitative estimate of drug-likeness (QED) is 0.850. The minimum absolute atomic E-state index is 0.192. The van der Waals surface area contributed by atoms with E-state index < -0.39 is 0 Å². The van der Waals surface area contributed by atoms with Crippen LogP contribution in [-0.4, -0.2) is 17.8 Å². The number of carbonyl (C=O) groups excluding carboxylic acids is 1. The SMILES string of the molecule is O=C(/C=C/c1ccc(O)cc1)Nc1ccc2c(c1)OCO2. The number of anilines is 1. The lowest BCUT2D eigenvalue weighted by molar-refractivity contribution is -0.111. The predicted octanol–water partition coefficient (Wildman–Crippen LogP) is 2.77. The van der Waals surface area contributed by atoms with Crippen molar-refractivity contribution in [2.45, 2.75) is 0 Å². The van der Waals surface area contributed by atoms with Gasteiger partial charge in [0.25, 0.3) is 0 Å². The largest absolute Gasteiger partial charge is 0.508 e. The van der Waals surface area contributed by atoms with E-state index in [1.165, 1.54) is 6.08 Å². The van der Waals surface area contributed by atoms with Crippen LogP contribution in [0, 0.1) is 0 Å². The van der Waals surface area contributed by atoms with Crippen LogP contribution < -0.4 is 14.8 Å². The van der Waals surface area contributed by atoms with Crippen LogP contribution in [0.1, 0.15) is 5.56 Å². The van der Waals surface area contributed by atoms with Gasteiger partial charge in [-0.1, -0.05) is 12.1 Å². The van der Waals surface area contributed by atoms with E-state index in [9.17, 15) is 9.90 Å². The van der Waals surface area contributed by atoms with E-state index in [1.807, 2.05) is 0 Å². The van der Waals surface area contributed by atoms with Crippen molar-refractivity contribution < 1.29 is 19.4 Å². The maximum atomic E-state index is 11.8. The first-order chi connectivity index (χ1) is 10.2. The Hall–Kier alpha value is -2.95. The molecule has 0 radical (unpaired) electrons. The number of amides is 1. The highest BCUT2D eigenvalue weighted by molar-refractivity contribution is 6.02. The van der Waals surface area contributed by atoms with E-state index in [4.69, 9.17) is 9.47 Å². The van der Waals surface area contributed by atoms with Crippen molar-refractivity contribution in [1.82, 2.24) is 0 Å². The zero-order chi connectivity index (χ0) is 14.7. The molecule has 0 aromatic heterocycles. The third-order valence-corrected chi connectivity index (χ3v) is 2.96. The van der Waals surface area contributed by atoms with Crippen LogP contribution in [0.25, 0.3) is 6.08 Å². The maximum absolute atomic E-state index is 11.8. The van der Waals surface area contributed by atoms with Gasteiger partial charge in [0.1, 0.15) is 5.75 Å². The zero-order valence-electron chi connectivity index (χ0n) is 11.1. The van der Waals surface area contributed by atoms with Crippen molar-refractivity contribution in [3.05, 3.63) is 54.1 Å². The van der Waals surface area contributed by atoms with Crippen molar-refractivity contribution in [3.63, 3.8) is 0 Å². The number of fused-ring (bicyclic) bond motifs is 1. The van der Waals surface area contributed by atoms with Gasteiger partial charge in [-0.3, -0.25) is 4.79 Å². The van der Waals surface area contributed by atoms with Crippen LogP contribution in [0.2, 0.25) is 0 Å². The Labute approximate surface area is 121 Å². The molecule has 5 heteroatoms. The molecule has 1 aliphatic rings. The number of hydrogen-bond acceptors (Lipinski definition) is 4. The van der Waals surface area contributed by atoms with Crippen LogP contribution in [0.4, 0.5) is 5.69 Å². The second-order valence-electron chi connectivity index (χ2n) is 4.48. The van der Waals surface area contributed by atoms with Crippen LogP contribution in [-0.2, 0) is 4.79 Å². The summed E-state index contributed by atoms with van der Waals surface area (Å²) in [5, 5.41) is 11.9. The fraction of sp³-hybridized carbons (Fsp3) is 0.0625. The van der Waals surface area contributed by atoms with Gasteiger partial charge in [0.05, 0.1) is 0 Å². The van der Waals surface area contributed by atoms with E-state index in [1.54, 1.807) is 48.5 Å². The number of rotatable bonds is 3. The maximum Gasteiger partial charge on any atom is 0.248 e. The number of carbonyl (C=O) groups is 1. The number of benzene rings is 2. The summed E-state index contributed by atoms with van der Waals surface area (Å²) < 4.78 is 10.5. The molecule has 106 valence electrons. The molecule has 1 heterocycles. The Morgan fingerprint density at radius 2 is 1.86 bits per heavy atom. The molecule has 21 heavy (non-hydrogen) atoms. The Morgan fingerprint density at radius 3 is 2.67 bits per heavy atom. The molecule has 2 aromatic rings. The molecule has 2 N–H and O–H groups in total. The molecule has 0 unspecified atom stereocenters. The standard InChI is InChI=1S/C16H13NO4/c18-13-5-1-11(2-6-13)3-8-16(19)17-12-4-7-14-15(9-12)21-10-20-14/h1-9,18H,10H2,(H,17,19)/b8-3+. The van der Waals surface area contributed by atoms with Gasteiger partial charge in [-0.25, -0.2) is 0 Å². The molecule has 1 amide bonds. The van der Waals surface area contributed by atoms with Crippen molar-refractivity contribution in [2.24, 2.45) is 0 Å². The highest BCUT2D eigenvalue weighted by atomic mass is 16.7. The molecular formula is C16H13NO4. The van der Waals surface area contributed by atoms with Gasteiger partial charge < -0.3 is 19.9 Å². The molecule has 0 aliphatic carbocycles. The number of aromatic hydroxyl groups is 1. The number of phenolic OH excluding ortho intramolecular Hbond substituents is 1. The van der Waals surface area contributed by atoms with E-state index in [-0.39, 0.29) is 18.4 Å². The molecule has 0 atom stereocenters. The number of phenols is 1. The molecule has 0 bridgehead atoms. The Balaban J connectivity index is 1.65. The molecule has 0 spiro atoms. The van der Waals surface area contributed by atoms with Gasteiger partial charge in [0.2, 0.25) is 12.7 Å².